The summed E-state index contributed by atoms with van der Waals surface area (Å²) in [7, 11) is 1.54. The van der Waals surface area contributed by atoms with E-state index >= 15 is 0 Å². The molecule has 0 spiro atoms. The number of imidazole rings is 1. The fourth-order valence-electron chi connectivity index (χ4n) is 1.67. The highest BCUT2D eigenvalue weighted by atomic mass is 16.5. The molecule has 94 valence electrons. The molecule has 2 aromatic rings. The number of carbonyl (C=O) groups is 1. The Bertz CT molecular complexity index is 575. The van der Waals surface area contributed by atoms with Crippen molar-refractivity contribution < 1.29 is 9.53 Å². The van der Waals surface area contributed by atoms with Crippen molar-refractivity contribution in [1.29, 1.82) is 0 Å². The Morgan fingerprint density at radius 1 is 1.44 bits per heavy atom. The number of hydrogen-bond acceptors (Lipinski definition) is 4. The highest BCUT2D eigenvalue weighted by Crippen LogP contribution is 2.21. The van der Waals surface area contributed by atoms with Gasteiger partial charge in [0.2, 0.25) is 5.88 Å². The predicted octanol–water partition coefficient (Wildman–Crippen LogP) is 2.18. The highest BCUT2D eigenvalue weighted by Gasteiger charge is 2.12. The Morgan fingerprint density at radius 2 is 2.22 bits per heavy atom. The fourth-order valence-corrected chi connectivity index (χ4v) is 1.67. The zero-order valence-corrected chi connectivity index (χ0v) is 10.7. The fraction of sp³-hybridized carbons (Fsp3) is 0.308. The summed E-state index contributed by atoms with van der Waals surface area (Å²) in [6.07, 6.45) is 4.00. The van der Waals surface area contributed by atoms with Crippen LogP contribution in [0.2, 0.25) is 0 Å². The molecule has 0 saturated heterocycles. The Balaban J connectivity index is 2.46. The second-order valence-electron chi connectivity index (χ2n) is 3.92. The molecule has 0 aliphatic rings. The van der Waals surface area contributed by atoms with E-state index in [4.69, 9.17) is 4.74 Å². The van der Waals surface area contributed by atoms with Crippen LogP contribution in [0.25, 0.3) is 5.69 Å². The molecule has 0 saturated carbocycles. The Morgan fingerprint density at radius 3 is 2.78 bits per heavy atom. The molecule has 5 nitrogen and oxygen atoms in total. The third kappa shape index (κ3) is 2.25. The lowest BCUT2D eigenvalue weighted by Crippen LogP contribution is -2.05. The zero-order valence-electron chi connectivity index (χ0n) is 10.7. The Hall–Kier alpha value is -2.17. The molecular weight excluding hydrogens is 230 g/mol. The smallest absolute Gasteiger partial charge is 0.238 e. The molecule has 0 amide bonds. The van der Waals surface area contributed by atoms with Gasteiger partial charge in [0.1, 0.15) is 11.4 Å². The number of nitrogens with zero attached hydrogens (tertiary/aromatic N) is 3. The van der Waals surface area contributed by atoms with E-state index in [9.17, 15) is 4.79 Å². The SMILES string of the molecule is CCC(=O)c1ccc(-n2cnc(C)c2)c(OC)n1. The maximum absolute atomic E-state index is 11.6. The van der Waals surface area contributed by atoms with Crippen molar-refractivity contribution >= 4 is 5.78 Å². The normalized spacial score (nSPS) is 10.4. The van der Waals surface area contributed by atoms with Crippen molar-refractivity contribution in [3.8, 4) is 11.6 Å². The summed E-state index contributed by atoms with van der Waals surface area (Å²) in [5.41, 5.74) is 2.10. The van der Waals surface area contributed by atoms with Crippen molar-refractivity contribution in [2.24, 2.45) is 0 Å². The van der Waals surface area contributed by atoms with Crippen molar-refractivity contribution in [2.45, 2.75) is 20.3 Å². The quantitative estimate of drug-likeness (QED) is 0.775. The Labute approximate surface area is 105 Å². The van der Waals surface area contributed by atoms with E-state index in [-0.39, 0.29) is 5.78 Å². The number of pyridine rings is 1. The van der Waals surface area contributed by atoms with Gasteiger partial charge in [-0.1, -0.05) is 6.92 Å². The van der Waals surface area contributed by atoms with Gasteiger partial charge in [-0.05, 0) is 19.1 Å². The summed E-state index contributed by atoms with van der Waals surface area (Å²) in [4.78, 5) is 20.0. The number of hydrogen-bond donors (Lipinski definition) is 0. The molecule has 0 atom stereocenters. The van der Waals surface area contributed by atoms with Crippen LogP contribution in [0, 0.1) is 6.92 Å². The summed E-state index contributed by atoms with van der Waals surface area (Å²) in [5.74, 6) is 0.424. The van der Waals surface area contributed by atoms with Gasteiger partial charge >= 0.3 is 0 Å². The molecule has 2 aromatic heterocycles. The molecule has 0 fully saturated rings. The molecule has 0 N–H and O–H groups in total. The summed E-state index contributed by atoms with van der Waals surface area (Å²) < 4.78 is 7.05. The number of Topliss-reactive ketones (excluding diaryl/α,β-unsaturated/α-hetero) is 1. The zero-order chi connectivity index (χ0) is 13.1. The molecule has 2 heterocycles. The monoisotopic (exact) mass is 245 g/mol. The number of carbonyl (C=O) groups excluding carboxylic acids is 1. The summed E-state index contributed by atoms with van der Waals surface area (Å²) in [5, 5.41) is 0. The summed E-state index contributed by atoms with van der Waals surface area (Å²) in [6, 6.07) is 3.52. The van der Waals surface area contributed by atoms with E-state index in [2.05, 4.69) is 9.97 Å². The summed E-state index contributed by atoms with van der Waals surface area (Å²) >= 11 is 0. The second kappa shape index (κ2) is 5.00. The average Bonchev–Trinajstić information content (AvgIpc) is 2.83. The van der Waals surface area contributed by atoms with E-state index < -0.39 is 0 Å². The van der Waals surface area contributed by atoms with Crippen LogP contribution in [-0.4, -0.2) is 27.4 Å². The summed E-state index contributed by atoms with van der Waals surface area (Å²) in [6.45, 7) is 3.72. The molecule has 0 aromatic carbocycles. The maximum atomic E-state index is 11.6. The molecular formula is C13H15N3O2. The number of methoxy groups -OCH3 is 1. The van der Waals surface area contributed by atoms with Gasteiger partial charge in [-0.3, -0.25) is 4.79 Å². The minimum absolute atomic E-state index is 0.00154. The molecule has 0 unspecified atom stereocenters. The minimum Gasteiger partial charge on any atom is -0.479 e. The van der Waals surface area contributed by atoms with Gasteiger partial charge in [0.15, 0.2) is 5.78 Å². The lowest BCUT2D eigenvalue weighted by atomic mass is 10.2. The van der Waals surface area contributed by atoms with E-state index in [0.29, 0.717) is 18.0 Å². The van der Waals surface area contributed by atoms with Gasteiger partial charge < -0.3 is 9.30 Å². The van der Waals surface area contributed by atoms with Gasteiger partial charge in [-0.25, -0.2) is 9.97 Å². The molecule has 18 heavy (non-hydrogen) atoms. The van der Waals surface area contributed by atoms with E-state index in [1.165, 1.54) is 7.11 Å². The minimum atomic E-state index is 0.00154. The van der Waals surface area contributed by atoms with Gasteiger partial charge in [-0.15, -0.1) is 0 Å². The van der Waals surface area contributed by atoms with E-state index in [0.717, 1.165) is 11.4 Å². The van der Waals surface area contributed by atoms with Crippen LogP contribution in [0.4, 0.5) is 0 Å². The third-order valence-corrected chi connectivity index (χ3v) is 2.63. The van der Waals surface area contributed by atoms with Crippen molar-refractivity contribution in [1.82, 2.24) is 14.5 Å². The van der Waals surface area contributed by atoms with Crippen molar-refractivity contribution in [2.75, 3.05) is 7.11 Å². The average molecular weight is 245 g/mol. The van der Waals surface area contributed by atoms with Crippen LogP contribution in [-0.2, 0) is 0 Å². The number of aromatic nitrogens is 3. The Kier molecular flexibility index (Phi) is 3.41. The number of ether oxygens (including phenoxy) is 1. The predicted molar refractivity (Wildman–Crippen MR) is 67.3 cm³/mol. The molecule has 0 aliphatic carbocycles. The topological polar surface area (TPSA) is 57.0 Å². The highest BCUT2D eigenvalue weighted by molar-refractivity contribution is 5.94. The van der Waals surface area contributed by atoms with Crippen molar-refractivity contribution in [3.63, 3.8) is 0 Å². The standard InChI is InChI=1S/C13H15N3O2/c1-4-12(17)10-5-6-11(13(15-10)18-3)16-7-9(2)14-8-16/h5-8H,4H2,1-3H3. The van der Waals surface area contributed by atoms with Gasteiger partial charge in [0.05, 0.1) is 19.1 Å². The lowest BCUT2D eigenvalue weighted by molar-refractivity contribution is 0.0982. The van der Waals surface area contributed by atoms with Gasteiger partial charge in [0, 0.05) is 12.6 Å². The molecule has 0 radical (unpaired) electrons. The maximum Gasteiger partial charge on any atom is 0.238 e. The molecule has 0 bridgehead atoms. The van der Waals surface area contributed by atoms with Crippen LogP contribution < -0.4 is 4.74 Å². The van der Waals surface area contributed by atoms with Crippen molar-refractivity contribution in [3.05, 3.63) is 36.0 Å². The lowest BCUT2D eigenvalue weighted by Gasteiger charge is -2.09. The van der Waals surface area contributed by atoms with Crippen LogP contribution in [0.15, 0.2) is 24.7 Å². The number of rotatable bonds is 4. The molecule has 5 heteroatoms. The van der Waals surface area contributed by atoms with Crippen LogP contribution in [0.1, 0.15) is 29.5 Å². The van der Waals surface area contributed by atoms with Gasteiger partial charge in [0.25, 0.3) is 0 Å². The first-order chi connectivity index (χ1) is 8.65. The second-order valence-corrected chi connectivity index (χ2v) is 3.92. The molecule has 2 rings (SSSR count). The van der Waals surface area contributed by atoms with Crippen LogP contribution in [0.3, 0.4) is 0 Å². The van der Waals surface area contributed by atoms with Crippen LogP contribution in [0.5, 0.6) is 5.88 Å². The number of ketones is 1. The van der Waals surface area contributed by atoms with Gasteiger partial charge in [-0.2, -0.15) is 0 Å². The van der Waals surface area contributed by atoms with Crippen LogP contribution >= 0.6 is 0 Å². The largest absolute Gasteiger partial charge is 0.479 e. The van der Waals surface area contributed by atoms with E-state index in [1.807, 2.05) is 30.7 Å². The third-order valence-electron chi connectivity index (χ3n) is 2.63. The first-order valence-electron chi connectivity index (χ1n) is 5.75. The number of aryl methyl sites for hydroxylation is 1. The van der Waals surface area contributed by atoms with E-state index in [1.54, 1.807) is 12.4 Å². The first kappa shape index (κ1) is 12.3. The molecule has 0 aliphatic heterocycles. The first-order valence-corrected chi connectivity index (χ1v) is 5.75.